The molecule has 0 aliphatic heterocycles. The van der Waals surface area contributed by atoms with E-state index >= 15 is 0 Å². The second-order valence-electron chi connectivity index (χ2n) is 11.4. The SMILES string of the molecule is CCCCCc1ccc(CC[C@H]2CC[C@H](CCc3ccc(CCc4cc(F)c(Cl)c(F)c4)cc3)CC2)cc1. The van der Waals surface area contributed by atoms with E-state index in [0.717, 1.165) is 24.7 Å². The van der Waals surface area contributed by atoms with Gasteiger partial charge >= 0.3 is 0 Å². The first-order valence-corrected chi connectivity index (χ1v) is 15.2. The van der Waals surface area contributed by atoms with Crippen LogP contribution in [0.2, 0.25) is 5.02 Å². The van der Waals surface area contributed by atoms with Crippen LogP contribution in [-0.4, -0.2) is 0 Å². The third-order valence-electron chi connectivity index (χ3n) is 8.51. The molecule has 1 saturated carbocycles. The first kappa shape index (κ1) is 28.8. The van der Waals surface area contributed by atoms with Crippen LogP contribution in [-0.2, 0) is 32.1 Å². The maximum Gasteiger partial charge on any atom is 0.145 e. The van der Waals surface area contributed by atoms with Gasteiger partial charge in [0.15, 0.2) is 0 Å². The van der Waals surface area contributed by atoms with Crippen molar-refractivity contribution in [2.24, 2.45) is 11.8 Å². The molecule has 0 radical (unpaired) electrons. The van der Waals surface area contributed by atoms with Crippen molar-refractivity contribution >= 4 is 11.6 Å². The smallest absolute Gasteiger partial charge is 0.145 e. The molecule has 0 spiro atoms. The average molecular weight is 537 g/mol. The molecule has 38 heavy (non-hydrogen) atoms. The molecule has 0 nitrogen and oxygen atoms in total. The molecule has 0 N–H and O–H groups in total. The summed E-state index contributed by atoms with van der Waals surface area (Å²) in [5.41, 5.74) is 6.21. The standard InChI is InChI=1S/C35H43ClF2/c1-2-3-4-5-26-6-8-27(9-7-26)10-11-28-12-14-29(15-13-28)16-17-30-18-20-31(21-19-30)22-23-32-24-33(37)35(36)34(38)25-32/h6-9,18-21,24-25,28-29H,2-5,10-17,22-23H2,1H3/t28-,29-. The first-order chi connectivity index (χ1) is 18.5. The fourth-order valence-electron chi connectivity index (χ4n) is 5.92. The van der Waals surface area contributed by atoms with Crippen LogP contribution in [0.3, 0.4) is 0 Å². The third kappa shape index (κ3) is 8.94. The molecular formula is C35H43ClF2. The van der Waals surface area contributed by atoms with Crippen molar-refractivity contribution in [2.75, 3.05) is 0 Å². The van der Waals surface area contributed by atoms with Crippen LogP contribution in [0.1, 0.15) is 92.5 Å². The van der Waals surface area contributed by atoms with Gasteiger partial charge < -0.3 is 0 Å². The van der Waals surface area contributed by atoms with Gasteiger partial charge in [0.2, 0.25) is 0 Å². The predicted octanol–water partition coefficient (Wildman–Crippen LogP) is 10.5. The lowest BCUT2D eigenvalue weighted by atomic mass is 9.77. The Morgan fingerprint density at radius 1 is 0.579 bits per heavy atom. The van der Waals surface area contributed by atoms with Crippen LogP contribution in [0.4, 0.5) is 8.78 Å². The normalized spacial score (nSPS) is 17.6. The lowest BCUT2D eigenvalue weighted by Crippen LogP contribution is -2.15. The van der Waals surface area contributed by atoms with E-state index in [0.29, 0.717) is 12.0 Å². The second kappa shape index (κ2) is 14.8. The van der Waals surface area contributed by atoms with Crippen molar-refractivity contribution in [2.45, 2.75) is 96.8 Å². The summed E-state index contributed by atoms with van der Waals surface area (Å²) in [4.78, 5) is 0. The van der Waals surface area contributed by atoms with Crippen molar-refractivity contribution < 1.29 is 8.78 Å². The molecule has 3 heteroatoms. The zero-order valence-corrected chi connectivity index (χ0v) is 23.7. The van der Waals surface area contributed by atoms with E-state index in [2.05, 4.69) is 55.5 Å². The topological polar surface area (TPSA) is 0 Å². The maximum absolute atomic E-state index is 13.7. The lowest BCUT2D eigenvalue weighted by Gasteiger charge is -2.28. The number of halogens is 3. The van der Waals surface area contributed by atoms with Gasteiger partial charge in [0.05, 0.1) is 0 Å². The molecular weight excluding hydrogens is 494 g/mol. The molecule has 0 aromatic heterocycles. The van der Waals surface area contributed by atoms with Gasteiger partial charge in [-0.3, -0.25) is 0 Å². The Kier molecular flexibility index (Phi) is 11.2. The molecule has 0 atom stereocenters. The molecule has 1 aliphatic carbocycles. The fourth-order valence-corrected chi connectivity index (χ4v) is 6.02. The summed E-state index contributed by atoms with van der Waals surface area (Å²) in [6.07, 6.45) is 17.0. The summed E-state index contributed by atoms with van der Waals surface area (Å²) in [6.45, 7) is 2.26. The van der Waals surface area contributed by atoms with Gasteiger partial charge in [-0.25, -0.2) is 8.78 Å². The van der Waals surface area contributed by atoms with Gasteiger partial charge in [-0.2, -0.15) is 0 Å². The minimum Gasteiger partial charge on any atom is -0.205 e. The van der Waals surface area contributed by atoms with Gasteiger partial charge in [0.1, 0.15) is 16.7 Å². The zero-order chi connectivity index (χ0) is 26.7. The van der Waals surface area contributed by atoms with Gasteiger partial charge in [-0.15, -0.1) is 0 Å². The largest absolute Gasteiger partial charge is 0.205 e. The minimum atomic E-state index is -0.686. The monoisotopic (exact) mass is 536 g/mol. The van der Waals surface area contributed by atoms with Crippen molar-refractivity contribution in [3.8, 4) is 0 Å². The molecule has 3 aromatic carbocycles. The zero-order valence-electron chi connectivity index (χ0n) is 23.0. The number of unbranched alkanes of at least 4 members (excludes halogenated alkanes) is 2. The quantitative estimate of drug-likeness (QED) is 0.150. The summed E-state index contributed by atoms with van der Waals surface area (Å²) in [5, 5.41) is -0.426. The van der Waals surface area contributed by atoms with Crippen LogP contribution in [0.5, 0.6) is 0 Å². The third-order valence-corrected chi connectivity index (χ3v) is 8.87. The summed E-state index contributed by atoms with van der Waals surface area (Å²) < 4.78 is 27.3. The molecule has 3 aromatic rings. The summed E-state index contributed by atoms with van der Waals surface area (Å²) in [5.74, 6) is 0.364. The Bertz CT molecular complexity index is 1090. The first-order valence-electron chi connectivity index (χ1n) is 14.8. The Labute approximate surface area is 233 Å². The van der Waals surface area contributed by atoms with Crippen LogP contribution >= 0.6 is 11.6 Å². The molecule has 0 heterocycles. The molecule has 0 bridgehead atoms. The van der Waals surface area contributed by atoms with E-state index in [1.165, 1.54) is 105 Å². The number of rotatable bonds is 13. The summed E-state index contributed by atoms with van der Waals surface area (Å²) in [6, 6.07) is 20.8. The molecule has 1 fully saturated rings. The van der Waals surface area contributed by atoms with E-state index in [9.17, 15) is 8.78 Å². The van der Waals surface area contributed by atoms with Gasteiger partial charge in [0.25, 0.3) is 0 Å². The number of benzene rings is 3. The summed E-state index contributed by atoms with van der Waals surface area (Å²) in [7, 11) is 0. The highest BCUT2D eigenvalue weighted by Crippen LogP contribution is 2.34. The van der Waals surface area contributed by atoms with Crippen molar-refractivity contribution in [1.29, 1.82) is 0 Å². The predicted molar refractivity (Wildman–Crippen MR) is 157 cm³/mol. The molecule has 0 unspecified atom stereocenters. The van der Waals surface area contributed by atoms with Gasteiger partial charge in [-0.05, 0) is 103 Å². The fraction of sp³-hybridized carbons (Fsp3) is 0.486. The lowest BCUT2D eigenvalue weighted by molar-refractivity contribution is 0.253. The van der Waals surface area contributed by atoms with E-state index in [4.69, 9.17) is 11.6 Å². The van der Waals surface area contributed by atoms with E-state index < -0.39 is 16.7 Å². The number of hydrogen-bond donors (Lipinski definition) is 0. The highest BCUT2D eigenvalue weighted by molar-refractivity contribution is 6.30. The van der Waals surface area contributed by atoms with Gasteiger partial charge in [-0.1, -0.05) is 106 Å². The van der Waals surface area contributed by atoms with Crippen LogP contribution < -0.4 is 0 Å². The van der Waals surface area contributed by atoms with Crippen molar-refractivity contribution in [3.63, 3.8) is 0 Å². The van der Waals surface area contributed by atoms with Crippen molar-refractivity contribution in [3.05, 3.63) is 105 Å². The number of aryl methyl sites for hydroxylation is 5. The summed E-state index contributed by atoms with van der Waals surface area (Å²) >= 11 is 5.58. The highest BCUT2D eigenvalue weighted by Gasteiger charge is 2.21. The molecule has 1 aliphatic rings. The van der Waals surface area contributed by atoms with Gasteiger partial charge in [0, 0.05) is 0 Å². The van der Waals surface area contributed by atoms with Crippen LogP contribution in [0.15, 0.2) is 60.7 Å². The second-order valence-corrected chi connectivity index (χ2v) is 11.8. The molecule has 4 rings (SSSR count). The van der Waals surface area contributed by atoms with E-state index in [1.807, 2.05) is 0 Å². The minimum absolute atomic E-state index is 0.426. The molecule has 0 saturated heterocycles. The van der Waals surface area contributed by atoms with E-state index in [-0.39, 0.29) is 0 Å². The van der Waals surface area contributed by atoms with Crippen LogP contribution in [0.25, 0.3) is 0 Å². The molecule has 204 valence electrons. The molecule has 0 amide bonds. The Morgan fingerprint density at radius 2 is 0.974 bits per heavy atom. The maximum atomic E-state index is 13.7. The van der Waals surface area contributed by atoms with Crippen LogP contribution in [0, 0.1) is 23.5 Å². The Hall–Kier alpha value is -2.19. The Balaban J connectivity index is 1.12. The highest BCUT2D eigenvalue weighted by atomic mass is 35.5. The van der Waals surface area contributed by atoms with Crippen molar-refractivity contribution in [1.82, 2.24) is 0 Å². The average Bonchev–Trinajstić information content (AvgIpc) is 2.94. The number of hydrogen-bond acceptors (Lipinski definition) is 0. The van der Waals surface area contributed by atoms with E-state index in [1.54, 1.807) is 0 Å². The Morgan fingerprint density at radius 3 is 1.42 bits per heavy atom.